The molecule has 1 nitrogen and oxygen atoms in total. The van der Waals surface area contributed by atoms with Crippen molar-refractivity contribution in [2.75, 3.05) is 0 Å². The smallest absolute Gasteiger partial charge is 0.0274 e. The van der Waals surface area contributed by atoms with Gasteiger partial charge in [0.25, 0.3) is 0 Å². The molecule has 0 saturated heterocycles. The quantitative estimate of drug-likeness (QED) is 0.789. The largest absolute Gasteiger partial charge is 0.326 e. The van der Waals surface area contributed by atoms with Crippen molar-refractivity contribution in [3.05, 3.63) is 42.0 Å². The average molecular weight is 219 g/mol. The molecule has 15 heavy (non-hydrogen) atoms. The monoisotopic (exact) mass is 219 g/mol. The van der Waals surface area contributed by atoms with Gasteiger partial charge in [-0.25, -0.2) is 0 Å². The molecule has 0 amide bonds. The molecule has 2 heteroatoms. The molecule has 0 fully saturated rings. The number of allylic oxidation sites excluding steroid dienone is 1. The van der Waals surface area contributed by atoms with Crippen molar-refractivity contribution in [3.63, 3.8) is 0 Å². The van der Waals surface area contributed by atoms with Gasteiger partial charge in [-0.2, -0.15) is 0 Å². The van der Waals surface area contributed by atoms with E-state index < -0.39 is 0 Å². The van der Waals surface area contributed by atoms with E-state index in [1.54, 1.807) is 0 Å². The van der Waals surface area contributed by atoms with Crippen molar-refractivity contribution < 1.29 is 0 Å². The van der Waals surface area contributed by atoms with Crippen molar-refractivity contribution in [2.45, 2.75) is 36.0 Å². The van der Waals surface area contributed by atoms with Gasteiger partial charge in [0.1, 0.15) is 0 Å². The third-order valence-corrected chi connectivity index (χ3v) is 3.90. The maximum absolute atomic E-state index is 5.57. The zero-order valence-electron chi connectivity index (χ0n) is 8.86. The fraction of sp³-hybridized carbons (Fsp3) is 0.385. The summed E-state index contributed by atoms with van der Waals surface area (Å²) in [6.45, 7) is 0.633. The van der Waals surface area contributed by atoms with Crippen LogP contribution in [0.25, 0.3) is 0 Å². The topological polar surface area (TPSA) is 26.0 Å². The van der Waals surface area contributed by atoms with Gasteiger partial charge in [0.05, 0.1) is 0 Å². The zero-order chi connectivity index (χ0) is 10.5. The van der Waals surface area contributed by atoms with Crippen LogP contribution in [0.5, 0.6) is 0 Å². The van der Waals surface area contributed by atoms with E-state index in [1.165, 1.54) is 29.7 Å². The second-order valence-electron chi connectivity index (χ2n) is 3.86. The van der Waals surface area contributed by atoms with Gasteiger partial charge < -0.3 is 5.73 Å². The van der Waals surface area contributed by atoms with E-state index in [1.807, 2.05) is 11.8 Å². The Labute approximate surface area is 95.8 Å². The molecule has 1 aromatic carbocycles. The molecular formula is C13H17NS. The lowest BCUT2D eigenvalue weighted by Gasteiger charge is -2.15. The van der Waals surface area contributed by atoms with Gasteiger partial charge >= 0.3 is 0 Å². The van der Waals surface area contributed by atoms with Crippen LogP contribution in [0.4, 0.5) is 0 Å². The molecule has 1 aliphatic rings. The van der Waals surface area contributed by atoms with E-state index in [0.29, 0.717) is 11.8 Å². The fourth-order valence-electron chi connectivity index (χ4n) is 1.76. The second-order valence-corrected chi connectivity index (χ2v) is 5.18. The van der Waals surface area contributed by atoms with Gasteiger partial charge in [-0.05, 0) is 37.0 Å². The van der Waals surface area contributed by atoms with Crippen LogP contribution < -0.4 is 5.73 Å². The number of rotatable bonds is 3. The van der Waals surface area contributed by atoms with E-state index in [0.717, 1.165) is 0 Å². The zero-order valence-corrected chi connectivity index (χ0v) is 9.67. The molecule has 0 saturated carbocycles. The summed E-state index contributed by atoms with van der Waals surface area (Å²) < 4.78 is 0. The molecule has 0 radical (unpaired) electrons. The summed E-state index contributed by atoms with van der Waals surface area (Å²) in [6.07, 6.45) is 8.53. The lowest BCUT2D eigenvalue weighted by atomic mass is 10.1. The third kappa shape index (κ3) is 3.11. The van der Waals surface area contributed by atoms with Crippen molar-refractivity contribution in [1.29, 1.82) is 0 Å². The number of hydrogen-bond acceptors (Lipinski definition) is 2. The number of thioether (sulfide) groups is 1. The molecule has 80 valence electrons. The van der Waals surface area contributed by atoms with Gasteiger partial charge in [0, 0.05) is 16.7 Å². The molecule has 1 aliphatic carbocycles. The van der Waals surface area contributed by atoms with E-state index in [9.17, 15) is 0 Å². The Bertz CT molecular complexity index is 329. The number of hydrogen-bond donors (Lipinski definition) is 1. The predicted molar refractivity (Wildman–Crippen MR) is 67.0 cm³/mol. The fourth-order valence-corrected chi connectivity index (χ4v) is 2.88. The van der Waals surface area contributed by atoms with Gasteiger partial charge in [0.15, 0.2) is 0 Å². The van der Waals surface area contributed by atoms with Gasteiger partial charge in [0.2, 0.25) is 0 Å². The first-order valence-corrected chi connectivity index (χ1v) is 6.39. The Morgan fingerprint density at radius 2 is 2.07 bits per heavy atom. The minimum absolute atomic E-state index is 0.633. The predicted octanol–water partition coefficient (Wildman–Crippen LogP) is 3.35. The molecule has 2 N–H and O–H groups in total. The standard InChI is InChI=1S/C13H17NS/c14-10-11-6-8-13(9-7-11)15-12-4-2-1-3-5-12/h2,4,6-9,12H,1,3,5,10,14H2. The Morgan fingerprint density at radius 1 is 1.27 bits per heavy atom. The Balaban J connectivity index is 1.97. The Hall–Kier alpha value is -0.730. The van der Waals surface area contributed by atoms with Crippen LogP contribution in [0, 0.1) is 0 Å². The maximum Gasteiger partial charge on any atom is 0.0274 e. The average Bonchev–Trinajstić information content (AvgIpc) is 2.31. The summed E-state index contributed by atoms with van der Waals surface area (Å²) in [5.41, 5.74) is 6.77. The molecule has 1 atom stereocenters. The molecule has 0 heterocycles. The first-order chi connectivity index (χ1) is 7.38. The van der Waals surface area contributed by atoms with Gasteiger partial charge in [-0.3, -0.25) is 0 Å². The molecule has 0 bridgehead atoms. The highest BCUT2D eigenvalue weighted by molar-refractivity contribution is 8.00. The van der Waals surface area contributed by atoms with Crippen molar-refractivity contribution in [3.8, 4) is 0 Å². The lowest BCUT2D eigenvalue weighted by molar-refractivity contribution is 0.741. The molecular weight excluding hydrogens is 202 g/mol. The highest BCUT2D eigenvalue weighted by Gasteiger charge is 2.09. The highest BCUT2D eigenvalue weighted by Crippen LogP contribution is 2.30. The maximum atomic E-state index is 5.57. The molecule has 1 unspecified atom stereocenters. The Morgan fingerprint density at radius 3 is 2.67 bits per heavy atom. The number of nitrogens with two attached hydrogens (primary N) is 1. The second kappa shape index (κ2) is 5.38. The van der Waals surface area contributed by atoms with E-state index in [-0.39, 0.29) is 0 Å². The van der Waals surface area contributed by atoms with Crippen LogP contribution in [0.1, 0.15) is 24.8 Å². The van der Waals surface area contributed by atoms with Gasteiger partial charge in [-0.1, -0.05) is 24.3 Å². The van der Waals surface area contributed by atoms with E-state index >= 15 is 0 Å². The number of benzene rings is 1. The first kappa shape index (κ1) is 10.8. The molecule has 0 aliphatic heterocycles. The van der Waals surface area contributed by atoms with Crippen LogP contribution >= 0.6 is 11.8 Å². The summed E-state index contributed by atoms with van der Waals surface area (Å²) >= 11 is 1.96. The lowest BCUT2D eigenvalue weighted by Crippen LogP contribution is -2.02. The molecule has 0 spiro atoms. The van der Waals surface area contributed by atoms with Crippen LogP contribution in [0.3, 0.4) is 0 Å². The molecule has 0 aromatic heterocycles. The van der Waals surface area contributed by atoms with Crippen LogP contribution in [0.2, 0.25) is 0 Å². The highest BCUT2D eigenvalue weighted by atomic mass is 32.2. The van der Waals surface area contributed by atoms with Crippen molar-refractivity contribution >= 4 is 11.8 Å². The normalized spacial score (nSPS) is 20.5. The van der Waals surface area contributed by atoms with E-state index in [2.05, 4.69) is 36.4 Å². The first-order valence-electron chi connectivity index (χ1n) is 5.51. The molecule has 1 aromatic rings. The summed E-state index contributed by atoms with van der Waals surface area (Å²) in [7, 11) is 0. The van der Waals surface area contributed by atoms with Crippen LogP contribution in [-0.2, 0) is 6.54 Å². The van der Waals surface area contributed by atoms with E-state index in [4.69, 9.17) is 5.73 Å². The van der Waals surface area contributed by atoms with Crippen LogP contribution in [0.15, 0.2) is 41.3 Å². The minimum Gasteiger partial charge on any atom is -0.326 e. The summed E-state index contributed by atoms with van der Waals surface area (Å²) in [4.78, 5) is 1.35. The summed E-state index contributed by atoms with van der Waals surface area (Å²) in [5, 5.41) is 0.669. The SMILES string of the molecule is NCc1ccc(SC2C=CCCC2)cc1. The van der Waals surface area contributed by atoms with Crippen molar-refractivity contribution in [1.82, 2.24) is 0 Å². The molecule has 2 rings (SSSR count). The minimum atomic E-state index is 0.633. The Kier molecular flexibility index (Phi) is 3.87. The van der Waals surface area contributed by atoms with Crippen molar-refractivity contribution in [2.24, 2.45) is 5.73 Å². The summed E-state index contributed by atoms with van der Waals surface area (Å²) in [6, 6.07) is 8.59. The summed E-state index contributed by atoms with van der Waals surface area (Å²) in [5.74, 6) is 0. The van der Waals surface area contributed by atoms with Crippen LogP contribution in [-0.4, -0.2) is 5.25 Å². The van der Waals surface area contributed by atoms with Gasteiger partial charge in [-0.15, -0.1) is 11.8 Å². The third-order valence-electron chi connectivity index (χ3n) is 2.66.